The van der Waals surface area contributed by atoms with E-state index in [-0.39, 0.29) is 5.94 Å². The fourth-order valence-corrected chi connectivity index (χ4v) is 0.856. The maximum atomic E-state index is 8.64. The summed E-state index contributed by atoms with van der Waals surface area (Å²) in [6.07, 6.45) is 4.62. The first kappa shape index (κ1) is 6.80. The van der Waals surface area contributed by atoms with Crippen LogP contribution in [0.15, 0.2) is 12.2 Å². The summed E-state index contributed by atoms with van der Waals surface area (Å²) >= 11 is 0. The van der Waals surface area contributed by atoms with Gasteiger partial charge in [0, 0.05) is 12.5 Å². The second-order valence-corrected chi connectivity index (χ2v) is 2.14. The van der Waals surface area contributed by atoms with Gasteiger partial charge in [-0.15, -0.1) is 0 Å². The lowest BCUT2D eigenvalue weighted by atomic mass is 9.76. The molecule has 1 aliphatic rings. The molecule has 1 unspecified atom stereocenters. The lowest BCUT2D eigenvalue weighted by Gasteiger charge is -2.17. The van der Waals surface area contributed by atoms with Gasteiger partial charge < -0.3 is 15.4 Å². The Bertz CT molecular complexity index is 116. The average Bonchev–Trinajstić information content (AvgIpc) is 1.90. The van der Waals surface area contributed by atoms with Gasteiger partial charge in [-0.3, -0.25) is 0 Å². The summed E-state index contributed by atoms with van der Waals surface area (Å²) in [7, 11) is -1.23. The molecule has 1 aliphatic heterocycles. The largest absolute Gasteiger partial charge is 0.469 e. The van der Waals surface area contributed by atoms with E-state index in [1.807, 2.05) is 12.2 Å². The van der Waals surface area contributed by atoms with E-state index in [9.17, 15) is 0 Å². The van der Waals surface area contributed by atoms with E-state index < -0.39 is 7.12 Å². The summed E-state index contributed by atoms with van der Waals surface area (Å²) in [6, 6.07) is 0. The Hall–Kier alpha value is -0.315. The summed E-state index contributed by atoms with van der Waals surface area (Å²) in [4.78, 5) is 0. The van der Waals surface area contributed by atoms with Gasteiger partial charge >= 0.3 is 7.12 Å². The van der Waals surface area contributed by atoms with Crippen molar-refractivity contribution in [2.24, 2.45) is 0 Å². The second kappa shape index (κ2) is 3.01. The van der Waals surface area contributed by atoms with Gasteiger partial charge in [-0.2, -0.15) is 0 Å². The molecule has 1 rings (SSSR count). The minimum absolute atomic E-state index is 0.171. The van der Waals surface area contributed by atoms with Crippen LogP contribution in [0, 0.1) is 0 Å². The van der Waals surface area contributed by atoms with Crippen LogP contribution >= 0.6 is 0 Å². The zero-order valence-corrected chi connectivity index (χ0v) is 5.12. The van der Waals surface area contributed by atoms with Crippen molar-refractivity contribution in [3.8, 4) is 0 Å². The van der Waals surface area contributed by atoms with Gasteiger partial charge in [-0.05, 0) is 6.42 Å². The van der Waals surface area contributed by atoms with Gasteiger partial charge in [-0.1, -0.05) is 12.2 Å². The van der Waals surface area contributed by atoms with Gasteiger partial charge in [0.25, 0.3) is 0 Å². The monoisotopic (exact) mass is 127 g/mol. The molecule has 0 spiro atoms. The molecule has 9 heavy (non-hydrogen) atoms. The molecule has 0 aromatic heterocycles. The van der Waals surface area contributed by atoms with Gasteiger partial charge in [0.2, 0.25) is 0 Å². The van der Waals surface area contributed by atoms with Crippen LogP contribution < -0.4 is 5.32 Å². The number of hydrogen-bond donors (Lipinski definition) is 3. The van der Waals surface area contributed by atoms with Gasteiger partial charge in [0.1, 0.15) is 0 Å². The molecular formula is C5H10BNO2. The molecule has 0 bridgehead atoms. The molecule has 0 fully saturated rings. The molecule has 0 radical (unpaired) electrons. The first-order valence-corrected chi connectivity index (χ1v) is 3.05. The Morgan fingerprint density at radius 2 is 2.22 bits per heavy atom. The highest BCUT2D eigenvalue weighted by molar-refractivity contribution is 6.43. The Kier molecular flexibility index (Phi) is 2.27. The molecule has 0 saturated carbocycles. The van der Waals surface area contributed by atoms with Crippen molar-refractivity contribution >= 4 is 7.12 Å². The Morgan fingerprint density at radius 3 is 2.56 bits per heavy atom. The minimum Gasteiger partial charge on any atom is -0.426 e. The fraction of sp³-hybridized carbons (Fsp3) is 0.600. The quantitative estimate of drug-likeness (QED) is 0.310. The van der Waals surface area contributed by atoms with Crippen molar-refractivity contribution in [1.29, 1.82) is 0 Å². The van der Waals surface area contributed by atoms with Gasteiger partial charge in [-0.25, -0.2) is 0 Å². The van der Waals surface area contributed by atoms with Crippen LogP contribution in [0.4, 0.5) is 0 Å². The maximum Gasteiger partial charge on any atom is 0.469 e. The third-order valence-corrected chi connectivity index (χ3v) is 1.41. The highest BCUT2D eigenvalue weighted by Gasteiger charge is 2.21. The van der Waals surface area contributed by atoms with E-state index in [1.54, 1.807) is 0 Å². The lowest BCUT2D eigenvalue weighted by Crippen LogP contribution is -2.44. The van der Waals surface area contributed by atoms with Crippen LogP contribution in [0.5, 0.6) is 0 Å². The molecular weight excluding hydrogens is 117 g/mol. The third kappa shape index (κ3) is 1.82. The first-order chi connectivity index (χ1) is 4.30. The Balaban J connectivity index is 2.35. The lowest BCUT2D eigenvalue weighted by molar-refractivity contribution is 0.370. The van der Waals surface area contributed by atoms with E-state index in [4.69, 9.17) is 10.0 Å². The van der Waals surface area contributed by atoms with Crippen LogP contribution in [0.25, 0.3) is 0 Å². The smallest absolute Gasteiger partial charge is 0.426 e. The molecule has 0 saturated heterocycles. The van der Waals surface area contributed by atoms with Gasteiger partial charge in [0.15, 0.2) is 0 Å². The van der Waals surface area contributed by atoms with E-state index in [0.29, 0.717) is 6.42 Å². The summed E-state index contributed by atoms with van der Waals surface area (Å²) in [5.74, 6) is -0.171. The molecule has 3 N–H and O–H groups in total. The summed E-state index contributed by atoms with van der Waals surface area (Å²) in [5.41, 5.74) is 0. The number of nitrogens with one attached hydrogen (secondary N) is 1. The molecule has 0 aromatic rings. The zero-order chi connectivity index (χ0) is 6.69. The number of hydrogen-bond acceptors (Lipinski definition) is 3. The van der Waals surface area contributed by atoms with E-state index in [0.717, 1.165) is 6.54 Å². The van der Waals surface area contributed by atoms with Crippen LogP contribution in [-0.4, -0.2) is 29.7 Å². The molecule has 0 amide bonds. The van der Waals surface area contributed by atoms with Crippen LogP contribution in [0.2, 0.25) is 0 Å². The normalized spacial score (nSPS) is 26.2. The summed E-state index contributed by atoms with van der Waals surface area (Å²) in [5, 5.41) is 20.2. The highest BCUT2D eigenvalue weighted by Crippen LogP contribution is 1.99. The minimum atomic E-state index is -1.23. The molecule has 3 nitrogen and oxygen atoms in total. The fourth-order valence-electron chi connectivity index (χ4n) is 0.856. The summed E-state index contributed by atoms with van der Waals surface area (Å²) < 4.78 is 0. The van der Waals surface area contributed by atoms with Crippen molar-refractivity contribution in [2.75, 3.05) is 6.54 Å². The van der Waals surface area contributed by atoms with E-state index in [1.165, 1.54) is 0 Å². The third-order valence-electron chi connectivity index (χ3n) is 1.41. The van der Waals surface area contributed by atoms with Gasteiger partial charge in [0.05, 0.1) is 0 Å². The average molecular weight is 127 g/mol. The molecule has 0 aliphatic carbocycles. The van der Waals surface area contributed by atoms with Crippen molar-refractivity contribution in [3.63, 3.8) is 0 Å². The zero-order valence-electron chi connectivity index (χ0n) is 5.12. The van der Waals surface area contributed by atoms with Crippen molar-refractivity contribution in [2.45, 2.75) is 12.4 Å². The molecule has 50 valence electrons. The van der Waals surface area contributed by atoms with Crippen LogP contribution in [0.3, 0.4) is 0 Å². The molecule has 4 heteroatoms. The van der Waals surface area contributed by atoms with Crippen molar-refractivity contribution in [3.05, 3.63) is 12.2 Å². The van der Waals surface area contributed by atoms with Crippen molar-refractivity contribution in [1.82, 2.24) is 5.32 Å². The standard InChI is InChI=1S/C5H10BNO2/c8-6(9)5-3-1-2-4-7-5/h1-2,5,7-9H,3-4H2. The van der Waals surface area contributed by atoms with E-state index in [2.05, 4.69) is 5.32 Å². The predicted octanol–water partition coefficient (Wildman–Crippen LogP) is -1.08. The number of rotatable bonds is 1. The molecule has 0 aromatic carbocycles. The Morgan fingerprint density at radius 1 is 1.44 bits per heavy atom. The molecule has 1 atom stereocenters. The second-order valence-electron chi connectivity index (χ2n) is 2.14. The predicted molar refractivity (Wildman–Crippen MR) is 35.7 cm³/mol. The SMILES string of the molecule is OB(O)C1CC=CCN1. The molecule has 1 heterocycles. The first-order valence-electron chi connectivity index (χ1n) is 3.05. The topological polar surface area (TPSA) is 52.5 Å². The van der Waals surface area contributed by atoms with Crippen LogP contribution in [-0.2, 0) is 0 Å². The van der Waals surface area contributed by atoms with Crippen LogP contribution in [0.1, 0.15) is 6.42 Å². The Labute approximate surface area is 54.5 Å². The maximum absolute atomic E-state index is 8.64. The van der Waals surface area contributed by atoms with E-state index >= 15 is 0 Å². The summed E-state index contributed by atoms with van der Waals surface area (Å²) in [6.45, 7) is 0.738. The van der Waals surface area contributed by atoms with Crippen molar-refractivity contribution < 1.29 is 10.0 Å². The highest BCUT2D eigenvalue weighted by atomic mass is 16.4.